The predicted molar refractivity (Wildman–Crippen MR) is 68.3 cm³/mol. The number of benzene rings is 1. The minimum absolute atomic E-state index is 0.0678. The van der Waals surface area contributed by atoms with Gasteiger partial charge in [0.1, 0.15) is 0 Å². The van der Waals surface area contributed by atoms with Crippen LogP contribution >= 0.6 is 0 Å². The first-order valence-corrected chi connectivity index (χ1v) is 5.94. The molecule has 2 aromatic rings. The first-order chi connectivity index (χ1) is 7.89. The first kappa shape index (κ1) is 11.8. The van der Waals surface area contributed by atoms with Gasteiger partial charge in [0.05, 0.1) is 0 Å². The first-order valence-electron chi connectivity index (χ1n) is 5.94. The topological polar surface area (TPSA) is 32.6 Å². The number of hydrogen-bond acceptors (Lipinski definition) is 1. The largest absolute Gasteiger partial charge is 0.224 e. The molecule has 0 radical (unpaired) electrons. The number of nitrogens with one attached hydrogen (secondary N) is 1. The van der Waals surface area contributed by atoms with Crippen molar-refractivity contribution in [2.24, 2.45) is 0 Å². The van der Waals surface area contributed by atoms with Crippen LogP contribution < -0.4 is 4.68 Å². The molecule has 0 amide bonds. The number of para-hydroxylation sites is 1. The van der Waals surface area contributed by atoms with Gasteiger partial charge < -0.3 is 0 Å². The molecule has 0 bridgehead atoms. The zero-order valence-corrected chi connectivity index (χ0v) is 11.2. The fraction of sp³-hybridized carbons (Fsp3) is 0.429. The maximum atomic E-state index is 4.38. The van der Waals surface area contributed by atoms with E-state index in [-0.39, 0.29) is 5.41 Å². The Labute approximate surface area is 102 Å². The third-order valence-corrected chi connectivity index (χ3v) is 2.98. The SMILES string of the molecule is Cc1cccc(C)c1-[n+]1cc(C(C)(C)C)n[nH]1. The van der Waals surface area contributed by atoms with E-state index in [1.165, 1.54) is 16.8 Å². The van der Waals surface area contributed by atoms with E-state index in [4.69, 9.17) is 0 Å². The lowest BCUT2D eigenvalue weighted by Gasteiger charge is -2.08. The number of aromatic nitrogens is 3. The van der Waals surface area contributed by atoms with E-state index in [2.05, 4.69) is 69.3 Å². The van der Waals surface area contributed by atoms with Crippen molar-refractivity contribution in [1.82, 2.24) is 10.3 Å². The van der Waals surface area contributed by atoms with Crippen LogP contribution in [0.2, 0.25) is 0 Å². The number of hydrogen-bond donors (Lipinski definition) is 1. The zero-order chi connectivity index (χ0) is 12.6. The molecule has 0 spiro atoms. The molecule has 1 aromatic carbocycles. The number of aryl methyl sites for hydroxylation is 2. The molecule has 0 aliphatic rings. The number of H-pyrrole nitrogens is 1. The normalized spacial score (nSPS) is 11.8. The smallest absolute Gasteiger partial charge is 0.127 e. The summed E-state index contributed by atoms with van der Waals surface area (Å²) in [5, 5.41) is 7.46. The average Bonchev–Trinajstić information content (AvgIpc) is 2.65. The van der Waals surface area contributed by atoms with E-state index in [0.717, 1.165) is 5.69 Å². The summed E-state index contributed by atoms with van der Waals surface area (Å²) in [5.41, 5.74) is 4.83. The monoisotopic (exact) mass is 230 g/mol. The van der Waals surface area contributed by atoms with Gasteiger partial charge in [-0.15, -0.1) is 4.68 Å². The molecular weight excluding hydrogens is 210 g/mol. The van der Waals surface area contributed by atoms with Crippen LogP contribution in [-0.2, 0) is 5.41 Å². The molecule has 2 rings (SSSR count). The lowest BCUT2D eigenvalue weighted by molar-refractivity contribution is -0.660. The van der Waals surface area contributed by atoms with Crippen molar-refractivity contribution < 1.29 is 4.68 Å². The van der Waals surface area contributed by atoms with Crippen LogP contribution in [0.5, 0.6) is 0 Å². The maximum Gasteiger partial charge on any atom is 0.224 e. The zero-order valence-electron chi connectivity index (χ0n) is 11.2. The van der Waals surface area contributed by atoms with Crippen molar-refractivity contribution in [3.8, 4) is 5.69 Å². The van der Waals surface area contributed by atoms with Crippen LogP contribution in [-0.4, -0.2) is 10.3 Å². The molecule has 3 nitrogen and oxygen atoms in total. The van der Waals surface area contributed by atoms with Crippen molar-refractivity contribution in [3.63, 3.8) is 0 Å². The Morgan fingerprint density at radius 1 is 1.12 bits per heavy atom. The molecule has 3 heteroatoms. The highest BCUT2D eigenvalue weighted by atomic mass is 15.4. The van der Waals surface area contributed by atoms with Crippen molar-refractivity contribution >= 4 is 0 Å². The summed E-state index contributed by atoms with van der Waals surface area (Å²) in [6, 6.07) is 6.32. The van der Waals surface area contributed by atoms with Crippen LogP contribution in [0, 0.1) is 13.8 Å². The Kier molecular flexibility index (Phi) is 2.77. The Balaban J connectivity index is 2.51. The summed E-state index contributed by atoms with van der Waals surface area (Å²) in [4.78, 5) is 0. The molecule has 1 N–H and O–H groups in total. The number of aromatic amines is 1. The highest BCUT2D eigenvalue weighted by Gasteiger charge is 2.25. The van der Waals surface area contributed by atoms with Crippen LogP contribution in [0.15, 0.2) is 24.4 Å². The van der Waals surface area contributed by atoms with Gasteiger partial charge in [-0.05, 0) is 25.0 Å². The molecule has 0 aliphatic carbocycles. The van der Waals surface area contributed by atoms with Gasteiger partial charge >= 0.3 is 0 Å². The molecule has 0 unspecified atom stereocenters. The molecule has 0 saturated heterocycles. The van der Waals surface area contributed by atoms with Crippen LogP contribution in [0.3, 0.4) is 0 Å². The second kappa shape index (κ2) is 3.99. The van der Waals surface area contributed by atoms with Gasteiger partial charge in [0.2, 0.25) is 5.69 Å². The van der Waals surface area contributed by atoms with Gasteiger partial charge in [-0.25, -0.2) is 0 Å². The predicted octanol–water partition coefficient (Wildman–Crippen LogP) is 2.60. The molecule has 0 saturated carbocycles. The summed E-state index contributed by atoms with van der Waals surface area (Å²) in [6.07, 6.45) is 2.08. The number of rotatable bonds is 1. The Morgan fingerprint density at radius 2 is 1.71 bits per heavy atom. The molecule has 1 aromatic heterocycles. The summed E-state index contributed by atoms with van der Waals surface area (Å²) >= 11 is 0. The number of nitrogens with zero attached hydrogens (tertiary/aromatic N) is 2. The molecule has 0 atom stereocenters. The van der Waals surface area contributed by atoms with E-state index < -0.39 is 0 Å². The second-order valence-corrected chi connectivity index (χ2v) is 5.59. The van der Waals surface area contributed by atoms with Crippen LogP contribution in [0.1, 0.15) is 37.6 Å². The van der Waals surface area contributed by atoms with Crippen LogP contribution in [0.25, 0.3) is 5.69 Å². The van der Waals surface area contributed by atoms with Gasteiger partial charge in [-0.1, -0.05) is 44.2 Å². The highest BCUT2D eigenvalue weighted by molar-refractivity contribution is 5.39. The van der Waals surface area contributed by atoms with E-state index in [1.807, 2.05) is 4.68 Å². The van der Waals surface area contributed by atoms with Gasteiger partial charge in [0, 0.05) is 10.5 Å². The second-order valence-electron chi connectivity index (χ2n) is 5.59. The quantitative estimate of drug-likeness (QED) is 0.750. The third-order valence-electron chi connectivity index (χ3n) is 2.98. The van der Waals surface area contributed by atoms with Gasteiger partial charge in [0.15, 0.2) is 11.9 Å². The van der Waals surface area contributed by atoms with Gasteiger partial charge in [-0.2, -0.15) is 0 Å². The van der Waals surface area contributed by atoms with Crippen LogP contribution in [0.4, 0.5) is 0 Å². The Hall–Kier alpha value is -1.64. The molecule has 1 heterocycles. The standard InChI is InChI=1S/C14H19N3/c1-10-7-6-8-11(2)13(10)17-9-12(15-16-17)14(3,4)5/h6-9H,1-5H3/p+1. The molecule has 0 fully saturated rings. The van der Waals surface area contributed by atoms with E-state index in [9.17, 15) is 0 Å². The molecule has 17 heavy (non-hydrogen) atoms. The Morgan fingerprint density at radius 3 is 2.18 bits per heavy atom. The summed E-state index contributed by atoms with van der Waals surface area (Å²) in [7, 11) is 0. The summed E-state index contributed by atoms with van der Waals surface area (Å²) in [6.45, 7) is 10.7. The van der Waals surface area contributed by atoms with E-state index >= 15 is 0 Å². The van der Waals surface area contributed by atoms with Crippen molar-refractivity contribution in [1.29, 1.82) is 0 Å². The third kappa shape index (κ3) is 2.23. The minimum atomic E-state index is 0.0678. The summed E-state index contributed by atoms with van der Waals surface area (Å²) < 4.78 is 2.01. The average molecular weight is 230 g/mol. The fourth-order valence-corrected chi connectivity index (χ4v) is 1.95. The molecular formula is C14H20N3+. The Bertz CT molecular complexity index is 512. The van der Waals surface area contributed by atoms with Crippen molar-refractivity contribution in [2.45, 2.75) is 40.0 Å². The van der Waals surface area contributed by atoms with E-state index in [0.29, 0.717) is 0 Å². The lowest BCUT2D eigenvalue weighted by atomic mass is 9.93. The molecule has 90 valence electrons. The van der Waals surface area contributed by atoms with Crippen molar-refractivity contribution in [3.05, 3.63) is 41.2 Å². The fourth-order valence-electron chi connectivity index (χ4n) is 1.95. The maximum absolute atomic E-state index is 4.38. The van der Waals surface area contributed by atoms with Crippen molar-refractivity contribution in [2.75, 3.05) is 0 Å². The minimum Gasteiger partial charge on any atom is -0.127 e. The summed E-state index contributed by atoms with van der Waals surface area (Å²) in [5.74, 6) is 0. The van der Waals surface area contributed by atoms with Gasteiger partial charge in [-0.3, -0.25) is 0 Å². The highest BCUT2D eigenvalue weighted by Crippen LogP contribution is 2.19. The van der Waals surface area contributed by atoms with Gasteiger partial charge in [0.25, 0.3) is 0 Å². The van der Waals surface area contributed by atoms with E-state index in [1.54, 1.807) is 0 Å². The lowest BCUT2D eigenvalue weighted by Crippen LogP contribution is -2.34. The molecule has 0 aliphatic heterocycles.